The molecular weight excluding hydrogens is 232 g/mol. The molecule has 0 bridgehead atoms. The van der Waals surface area contributed by atoms with E-state index < -0.39 is 0 Å². The average Bonchev–Trinajstić information content (AvgIpc) is 2.68. The van der Waals surface area contributed by atoms with Crippen LogP contribution in [-0.4, -0.2) is 48.7 Å². The van der Waals surface area contributed by atoms with Crippen LogP contribution in [0.1, 0.15) is 17.0 Å². The van der Waals surface area contributed by atoms with Crippen molar-refractivity contribution in [2.24, 2.45) is 0 Å². The van der Waals surface area contributed by atoms with Crippen LogP contribution in [0.2, 0.25) is 0 Å². The third-order valence-corrected chi connectivity index (χ3v) is 3.22. The molecule has 0 aromatic carbocycles. The van der Waals surface area contributed by atoms with Gasteiger partial charge in [0.05, 0.1) is 12.2 Å². The van der Waals surface area contributed by atoms with Gasteiger partial charge in [0.15, 0.2) is 0 Å². The van der Waals surface area contributed by atoms with Gasteiger partial charge < -0.3 is 15.2 Å². The van der Waals surface area contributed by atoms with E-state index in [4.69, 9.17) is 4.52 Å². The molecule has 0 saturated carbocycles. The number of aryl methyl sites for hydroxylation is 2. The van der Waals surface area contributed by atoms with Crippen molar-refractivity contribution in [2.75, 3.05) is 32.7 Å². The monoisotopic (exact) mass is 252 g/mol. The molecule has 1 amide bonds. The number of carbonyl (C=O) groups is 1. The van der Waals surface area contributed by atoms with Crippen LogP contribution in [0.5, 0.6) is 0 Å². The molecule has 2 heterocycles. The number of rotatable bonds is 4. The summed E-state index contributed by atoms with van der Waals surface area (Å²) in [4.78, 5) is 14.0. The van der Waals surface area contributed by atoms with Crippen LogP contribution in [0.4, 0.5) is 0 Å². The molecule has 2 N–H and O–H groups in total. The van der Waals surface area contributed by atoms with Gasteiger partial charge >= 0.3 is 0 Å². The Balaban J connectivity index is 1.77. The van der Waals surface area contributed by atoms with E-state index in [0.29, 0.717) is 13.1 Å². The van der Waals surface area contributed by atoms with Gasteiger partial charge in [0.1, 0.15) is 5.76 Å². The molecule has 0 unspecified atom stereocenters. The largest absolute Gasteiger partial charge is 0.361 e. The Morgan fingerprint density at radius 2 is 2.17 bits per heavy atom. The Morgan fingerprint density at radius 1 is 1.44 bits per heavy atom. The Bertz CT molecular complexity index is 391. The van der Waals surface area contributed by atoms with Gasteiger partial charge in [-0.2, -0.15) is 0 Å². The maximum atomic E-state index is 11.8. The van der Waals surface area contributed by atoms with Crippen LogP contribution in [0.3, 0.4) is 0 Å². The van der Waals surface area contributed by atoms with Gasteiger partial charge in [-0.05, 0) is 13.8 Å². The third kappa shape index (κ3) is 3.30. The highest BCUT2D eigenvalue weighted by Crippen LogP contribution is 2.11. The highest BCUT2D eigenvalue weighted by atomic mass is 16.5. The van der Waals surface area contributed by atoms with Crippen molar-refractivity contribution in [3.63, 3.8) is 0 Å². The fraction of sp³-hybridized carbons (Fsp3) is 0.667. The molecule has 1 aliphatic heterocycles. The van der Waals surface area contributed by atoms with E-state index in [0.717, 1.165) is 43.2 Å². The summed E-state index contributed by atoms with van der Waals surface area (Å²) in [6.45, 7) is 8.47. The fourth-order valence-corrected chi connectivity index (χ4v) is 2.07. The van der Waals surface area contributed by atoms with Gasteiger partial charge in [-0.15, -0.1) is 0 Å². The summed E-state index contributed by atoms with van der Waals surface area (Å²) in [5, 5.41) is 10.0. The van der Waals surface area contributed by atoms with Crippen LogP contribution >= 0.6 is 0 Å². The molecule has 1 aliphatic rings. The van der Waals surface area contributed by atoms with E-state index in [1.165, 1.54) is 0 Å². The molecule has 2 rings (SSSR count). The SMILES string of the molecule is Cc1noc(C)c1CNC(=O)CN1CCNCC1. The van der Waals surface area contributed by atoms with E-state index in [2.05, 4.69) is 20.7 Å². The number of aromatic nitrogens is 1. The summed E-state index contributed by atoms with van der Waals surface area (Å²) in [7, 11) is 0. The summed E-state index contributed by atoms with van der Waals surface area (Å²) in [5.74, 6) is 0.826. The number of piperazine rings is 1. The first-order valence-electron chi connectivity index (χ1n) is 6.28. The summed E-state index contributed by atoms with van der Waals surface area (Å²) in [6.07, 6.45) is 0. The van der Waals surface area contributed by atoms with Gasteiger partial charge in [0, 0.05) is 38.3 Å². The highest BCUT2D eigenvalue weighted by molar-refractivity contribution is 5.78. The lowest BCUT2D eigenvalue weighted by Crippen LogP contribution is -2.47. The molecule has 18 heavy (non-hydrogen) atoms. The molecule has 1 aromatic heterocycles. The number of hydrogen-bond acceptors (Lipinski definition) is 5. The summed E-state index contributed by atoms with van der Waals surface area (Å²) in [6, 6.07) is 0. The molecule has 6 heteroatoms. The number of amides is 1. The van der Waals surface area contributed by atoms with Crippen LogP contribution in [-0.2, 0) is 11.3 Å². The van der Waals surface area contributed by atoms with Crippen molar-refractivity contribution in [1.29, 1.82) is 0 Å². The number of nitrogens with one attached hydrogen (secondary N) is 2. The van der Waals surface area contributed by atoms with Gasteiger partial charge in [-0.3, -0.25) is 9.69 Å². The number of carbonyl (C=O) groups excluding carboxylic acids is 1. The quantitative estimate of drug-likeness (QED) is 0.777. The summed E-state index contributed by atoms with van der Waals surface area (Å²) in [5.41, 5.74) is 1.82. The Hall–Kier alpha value is -1.40. The van der Waals surface area contributed by atoms with Crippen molar-refractivity contribution >= 4 is 5.91 Å². The molecule has 0 aliphatic carbocycles. The minimum Gasteiger partial charge on any atom is -0.361 e. The maximum Gasteiger partial charge on any atom is 0.234 e. The van der Waals surface area contributed by atoms with Gasteiger partial charge in [0.2, 0.25) is 5.91 Å². The van der Waals surface area contributed by atoms with Gasteiger partial charge in [-0.1, -0.05) is 5.16 Å². The van der Waals surface area contributed by atoms with Gasteiger partial charge in [0.25, 0.3) is 0 Å². The first-order valence-corrected chi connectivity index (χ1v) is 6.28. The molecule has 100 valence electrons. The minimum atomic E-state index is 0.0527. The Morgan fingerprint density at radius 3 is 2.78 bits per heavy atom. The lowest BCUT2D eigenvalue weighted by molar-refractivity contribution is -0.122. The zero-order valence-electron chi connectivity index (χ0n) is 11.0. The zero-order valence-corrected chi connectivity index (χ0v) is 11.0. The average molecular weight is 252 g/mol. The molecule has 0 spiro atoms. The van der Waals surface area contributed by atoms with Crippen molar-refractivity contribution in [2.45, 2.75) is 20.4 Å². The van der Waals surface area contributed by atoms with Crippen molar-refractivity contribution in [3.05, 3.63) is 17.0 Å². The van der Waals surface area contributed by atoms with Gasteiger partial charge in [-0.25, -0.2) is 0 Å². The summed E-state index contributed by atoms with van der Waals surface area (Å²) >= 11 is 0. The second kappa shape index (κ2) is 5.97. The number of hydrogen-bond donors (Lipinski definition) is 2. The van der Waals surface area contributed by atoms with Crippen molar-refractivity contribution < 1.29 is 9.32 Å². The molecule has 0 atom stereocenters. The van der Waals surface area contributed by atoms with E-state index in [9.17, 15) is 4.79 Å². The lowest BCUT2D eigenvalue weighted by Gasteiger charge is -2.26. The van der Waals surface area contributed by atoms with Crippen LogP contribution in [0.15, 0.2) is 4.52 Å². The molecule has 1 fully saturated rings. The van der Waals surface area contributed by atoms with E-state index >= 15 is 0 Å². The van der Waals surface area contributed by atoms with E-state index in [1.54, 1.807) is 0 Å². The van der Waals surface area contributed by atoms with E-state index in [-0.39, 0.29) is 5.91 Å². The Labute approximate surface area is 107 Å². The topological polar surface area (TPSA) is 70.4 Å². The first-order chi connectivity index (χ1) is 8.66. The third-order valence-electron chi connectivity index (χ3n) is 3.22. The van der Waals surface area contributed by atoms with Crippen LogP contribution < -0.4 is 10.6 Å². The minimum absolute atomic E-state index is 0.0527. The first kappa shape index (κ1) is 13.0. The predicted octanol–water partition coefficient (Wildman–Crippen LogP) is -0.187. The second-order valence-electron chi connectivity index (χ2n) is 4.61. The predicted molar refractivity (Wildman–Crippen MR) is 67.1 cm³/mol. The fourth-order valence-electron chi connectivity index (χ4n) is 2.07. The highest BCUT2D eigenvalue weighted by Gasteiger charge is 2.14. The summed E-state index contributed by atoms with van der Waals surface area (Å²) < 4.78 is 5.06. The molecule has 1 aromatic rings. The van der Waals surface area contributed by atoms with Crippen LogP contribution in [0, 0.1) is 13.8 Å². The lowest BCUT2D eigenvalue weighted by atomic mass is 10.2. The van der Waals surface area contributed by atoms with Crippen LogP contribution in [0.25, 0.3) is 0 Å². The van der Waals surface area contributed by atoms with Crippen molar-refractivity contribution in [3.8, 4) is 0 Å². The maximum absolute atomic E-state index is 11.8. The second-order valence-corrected chi connectivity index (χ2v) is 4.61. The smallest absolute Gasteiger partial charge is 0.234 e. The number of nitrogens with zero attached hydrogens (tertiary/aromatic N) is 2. The molecule has 0 radical (unpaired) electrons. The molecule has 6 nitrogen and oxygen atoms in total. The standard InChI is InChI=1S/C12H20N4O2/c1-9-11(10(2)18-15-9)7-14-12(17)8-16-5-3-13-4-6-16/h13H,3-8H2,1-2H3,(H,14,17). The van der Waals surface area contributed by atoms with Crippen molar-refractivity contribution in [1.82, 2.24) is 20.7 Å². The zero-order chi connectivity index (χ0) is 13.0. The Kier molecular flexibility index (Phi) is 4.33. The molecular formula is C12H20N4O2. The molecule has 1 saturated heterocycles. The van der Waals surface area contributed by atoms with E-state index in [1.807, 2.05) is 13.8 Å². The normalized spacial score (nSPS) is 16.8.